The molecule has 0 aliphatic heterocycles. The number of aliphatic hydroxyl groups is 2. The van der Waals surface area contributed by atoms with Gasteiger partial charge in [-0.3, -0.25) is 0 Å². The summed E-state index contributed by atoms with van der Waals surface area (Å²) in [5, 5.41) is 16.2. The maximum Gasteiger partial charge on any atom is 0.156 e. The third-order valence-corrected chi connectivity index (χ3v) is 0. The van der Waals surface area contributed by atoms with Crippen LogP contribution in [-0.4, -0.2) is 16.0 Å². The molecule has 0 saturated heterocycles. The molecule has 2 nitrogen and oxygen atoms in total. The molecular weight excluding hydrogens is 157 g/mol. The van der Waals surface area contributed by atoms with Gasteiger partial charge < -0.3 is 10.2 Å². The fraction of sp³-hybridized carbons (Fsp3) is 1.00. The van der Waals surface area contributed by atoms with Gasteiger partial charge in [0.05, 0.1) is 0 Å². The van der Waals surface area contributed by atoms with Gasteiger partial charge in [0.15, 0.2) is 5.79 Å². The van der Waals surface area contributed by atoms with Crippen molar-refractivity contribution >= 4 is 0 Å². The molecule has 0 spiro atoms. The molecule has 0 aromatic rings. The van der Waals surface area contributed by atoms with Crippen LogP contribution in [0.15, 0.2) is 0 Å². The Balaban J connectivity index is 0. The first-order valence-corrected chi connectivity index (χ1v) is 1.45. The third kappa shape index (κ3) is 77.6. The van der Waals surface area contributed by atoms with Crippen molar-refractivity contribution in [3.63, 3.8) is 0 Å². The van der Waals surface area contributed by atoms with Crippen molar-refractivity contribution < 1.29 is 42.9 Å². The van der Waals surface area contributed by atoms with Crippen LogP contribution in [0.2, 0.25) is 0 Å². The zero-order chi connectivity index (χ0) is 4.50. The van der Waals surface area contributed by atoms with Crippen LogP contribution in [0.5, 0.6) is 0 Å². The summed E-state index contributed by atoms with van der Waals surface area (Å²) in [5.74, 6) is -1.50. The number of hydrogen-bond acceptors (Lipinski definition) is 2. The largest absolute Gasteiger partial charge is 0.366 e. The van der Waals surface area contributed by atoms with E-state index in [1.54, 1.807) is 0 Å². The van der Waals surface area contributed by atoms with E-state index in [0.29, 0.717) is 0 Å². The first-order valence-electron chi connectivity index (χ1n) is 1.45. The van der Waals surface area contributed by atoms with Crippen LogP contribution in [0, 0.1) is 0 Å². The molecule has 0 fully saturated rings. The van der Waals surface area contributed by atoms with E-state index in [-0.39, 0.29) is 32.7 Å². The summed E-state index contributed by atoms with van der Waals surface area (Å²) in [7, 11) is 0. The van der Waals surface area contributed by atoms with E-state index in [1.165, 1.54) is 13.8 Å². The van der Waals surface area contributed by atoms with Crippen LogP contribution in [0.1, 0.15) is 13.8 Å². The minimum atomic E-state index is -1.50. The zero-order valence-corrected chi connectivity index (χ0v) is 6.81. The first kappa shape index (κ1) is 10.1. The average Bonchev–Trinajstić information content (AvgIpc) is 0.722. The fourth-order valence-electron chi connectivity index (χ4n) is 0. The molecule has 0 aliphatic rings. The molecule has 35 valence electrons. The number of rotatable bonds is 0. The minimum Gasteiger partial charge on any atom is -0.366 e. The van der Waals surface area contributed by atoms with Crippen molar-refractivity contribution in [3.8, 4) is 0 Å². The quantitative estimate of drug-likeness (QED) is 0.484. The van der Waals surface area contributed by atoms with Crippen LogP contribution in [0.25, 0.3) is 0 Å². The van der Waals surface area contributed by atoms with Crippen LogP contribution in [0.3, 0.4) is 0 Å². The third-order valence-electron chi connectivity index (χ3n) is 0. The van der Waals surface area contributed by atoms with Gasteiger partial charge in [-0.1, -0.05) is 0 Å². The standard InChI is InChI=1S/C3H8O2.Y/c1-3(2,4)5;/h4-5H,1-2H3;. The van der Waals surface area contributed by atoms with Gasteiger partial charge in [0.25, 0.3) is 0 Å². The molecule has 0 heterocycles. The normalized spacial score (nSPS) is 10.0. The molecule has 0 aliphatic carbocycles. The summed E-state index contributed by atoms with van der Waals surface area (Å²) in [6, 6.07) is 0. The Morgan fingerprint density at radius 2 is 1.17 bits per heavy atom. The van der Waals surface area contributed by atoms with Crippen LogP contribution in [0.4, 0.5) is 0 Å². The monoisotopic (exact) mass is 165 g/mol. The van der Waals surface area contributed by atoms with E-state index in [4.69, 9.17) is 10.2 Å². The second-order valence-electron chi connectivity index (χ2n) is 1.49. The van der Waals surface area contributed by atoms with Crippen LogP contribution in [-0.2, 0) is 32.7 Å². The van der Waals surface area contributed by atoms with Gasteiger partial charge in [-0.2, -0.15) is 0 Å². The molecule has 0 rings (SSSR count). The van der Waals surface area contributed by atoms with Gasteiger partial charge in [0.1, 0.15) is 0 Å². The Hall–Kier alpha value is 1.02. The Morgan fingerprint density at radius 1 is 1.17 bits per heavy atom. The summed E-state index contributed by atoms with van der Waals surface area (Å²) in [6.07, 6.45) is 0. The molecule has 2 N–H and O–H groups in total. The number of hydrogen-bond donors (Lipinski definition) is 2. The molecule has 1 radical (unpaired) electrons. The van der Waals surface area contributed by atoms with Gasteiger partial charge >= 0.3 is 0 Å². The second-order valence-corrected chi connectivity index (χ2v) is 1.49. The van der Waals surface area contributed by atoms with Gasteiger partial charge in [-0.05, 0) is 13.8 Å². The Bertz CT molecular complexity index is 24.3. The Labute approximate surface area is 62.4 Å². The van der Waals surface area contributed by atoms with Crippen LogP contribution >= 0.6 is 0 Å². The van der Waals surface area contributed by atoms with E-state index >= 15 is 0 Å². The molecule has 0 bridgehead atoms. The SMILES string of the molecule is CC(C)(O)O.[Y]. The predicted molar refractivity (Wildman–Crippen MR) is 18.5 cm³/mol. The molecule has 3 heteroatoms. The summed E-state index contributed by atoms with van der Waals surface area (Å²) < 4.78 is 0. The maximum absolute atomic E-state index is 8.08. The molecule has 0 amide bonds. The second kappa shape index (κ2) is 3.08. The summed E-state index contributed by atoms with van der Waals surface area (Å²) >= 11 is 0. The first-order chi connectivity index (χ1) is 2.00. The molecule has 6 heavy (non-hydrogen) atoms. The Kier molecular flexibility index (Phi) is 5.19. The predicted octanol–water partition coefficient (Wildman–Crippen LogP) is -0.295. The van der Waals surface area contributed by atoms with Crippen molar-refractivity contribution in [2.24, 2.45) is 0 Å². The summed E-state index contributed by atoms with van der Waals surface area (Å²) in [4.78, 5) is 0. The molecular formula is C3H8O2Y. The summed E-state index contributed by atoms with van der Waals surface area (Å²) in [5.41, 5.74) is 0. The Morgan fingerprint density at radius 3 is 1.17 bits per heavy atom. The minimum absolute atomic E-state index is 0. The molecule has 0 unspecified atom stereocenters. The van der Waals surface area contributed by atoms with Crippen molar-refractivity contribution in [3.05, 3.63) is 0 Å². The van der Waals surface area contributed by atoms with Crippen molar-refractivity contribution in [1.29, 1.82) is 0 Å². The zero-order valence-electron chi connectivity index (χ0n) is 3.97. The average molecular weight is 165 g/mol. The van der Waals surface area contributed by atoms with Gasteiger partial charge in [0, 0.05) is 32.7 Å². The van der Waals surface area contributed by atoms with Crippen molar-refractivity contribution in [1.82, 2.24) is 0 Å². The van der Waals surface area contributed by atoms with E-state index in [9.17, 15) is 0 Å². The van der Waals surface area contributed by atoms with Crippen molar-refractivity contribution in [2.45, 2.75) is 19.6 Å². The molecule has 0 saturated carbocycles. The van der Waals surface area contributed by atoms with Crippen LogP contribution < -0.4 is 0 Å². The van der Waals surface area contributed by atoms with Gasteiger partial charge in [0.2, 0.25) is 0 Å². The molecule has 0 atom stereocenters. The van der Waals surface area contributed by atoms with E-state index < -0.39 is 5.79 Å². The topological polar surface area (TPSA) is 40.5 Å². The van der Waals surface area contributed by atoms with E-state index in [0.717, 1.165) is 0 Å². The van der Waals surface area contributed by atoms with Gasteiger partial charge in [-0.15, -0.1) is 0 Å². The van der Waals surface area contributed by atoms with E-state index in [1.807, 2.05) is 0 Å². The van der Waals surface area contributed by atoms with E-state index in [2.05, 4.69) is 0 Å². The maximum atomic E-state index is 8.08. The van der Waals surface area contributed by atoms with Crippen molar-refractivity contribution in [2.75, 3.05) is 0 Å². The summed E-state index contributed by atoms with van der Waals surface area (Å²) in [6.45, 7) is 2.60. The fourth-order valence-corrected chi connectivity index (χ4v) is 0. The smallest absolute Gasteiger partial charge is 0.156 e. The van der Waals surface area contributed by atoms with Gasteiger partial charge in [-0.25, -0.2) is 0 Å². The molecule has 0 aromatic carbocycles. The molecule has 0 aromatic heterocycles.